The first kappa shape index (κ1) is 15.3. The van der Waals surface area contributed by atoms with Crippen LogP contribution in [0.2, 0.25) is 10.3 Å². The molecule has 3 rings (SSSR count). The van der Waals surface area contributed by atoms with Crippen molar-refractivity contribution in [3.8, 4) is 0 Å². The molecule has 1 aliphatic rings. The van der Waals surface area contributed by atoms with E-state index >= 15 is 0 Å². The SMILES string of the molecule is Clc1nc(C2(c3ccccc3)CCCCC2)nc(Cl)c1Br. The lowest BCUT2D eigenvalue weighted by molar-refractivity contribution is 0.330. The molecule has 1 aromatic carbocycles. The highest BCUT2D eigenvalue weighted by Gasteiger charge is 2.39. The molecule has 0 N–H and O–H groups in total. The van der Waals surface area contributed by atoms with E-state index in [1.54, 1.807) is 0 Å². The maximum atomic E-state index is 6.21. The van der Waals surface area contributed by atoms with Crippen molar-refractivity contribution in [1.82, 2.24) is 9.97 Å². The largest absolute Gasteiger partial charge is 0.219 e. The summed E-state index contributed by atoms with van der Waals surface area (Å²) in [5.41, 5.74) is 1.08. The van der Waals surface area contributed by atoms with Crippen molar-refractivity contribution in [2.75, 3.05) is 0 Å². The van der Waals surface area contributed by atoms with E-state index in [0.717, 1.165) is 18.7 Å². The van der Waals surface area contributed by atoms with Crippen molar-refractivity contribution in [2.45, 2.75) is 37.5 Å². The van der Waals surface area contributed by atoms with Gasteiger partial charge in [-0.3, -0.25) is 0 Å². The summed E-state index contributed by atoms with van der Waals surface area (Å²) in [7, 11) is 0. The summed E-state index contributed by atoms with van der Waals surface area (Å²) in [6, 6.07) is 10.5. The predicted molar refractivity (Wildman–Crippen MR) is 90.1 cm³/mol. The van der Waals surface area contributed by atoms with Crippen molar-refractivity contribution < 1.29 is 0 Å². The molecule has 21 heavy (non-hydrogen) atoms. The zero-order valence-electron chi connectivity index (χ0n) is 11.5. The van der Waals surface area contributed by atoms with Gasteiger partial charge in [-0.05, 0) is 34.3 Å². The van der Waals surface area contributed by atoms with E-state index in [1.807, 2.05) is 6.07 Å². The van der Waals surface area contributed by atoms with Crippen LogP contribution in [0.25, 0.3) is 0 Å². The monoisotopic (exact) mass is 384 g/mol. The molecule has 0 aliphatic heterocycles. The Balaban J connectivity index is 2.17. The molecule has 0 saturated heterocycles. The van der Waals surface area contributed by atoms with Crippen LogP contribution in [0.15, 0.2) is 34.8 Å². The highest BCUT2D eigenvalue weighted by Crippen LogP contribution is 2.44. The molecule has 0 atom stereocenters. The highest BCUT2D eigenvalue weighted by atomic mass is 79.9. The lowest BCUT2D eigenvalue weighted by atomic mass is 9.69. The van der Waals surface area contributed by atoms with Crippen molar-refractivity contribution in [3.63, 3.8) is 0 Å². The second-order valence-corrected chi connectivity index (χ2v) is 6.96. The van der Waals surface area contributed by atoms with Gasteiger partial charge in [0.1, 0.15) is 16.1 Å². The molecule has 5 heteroatoms. The molecule has 0 spiro atoms. The van der Waals surface area contributed by atoms with E-state index in [9.17, 15) is 0 Å². The van der Waals surface area contributed by atoms with Gasteiger partial charge < -0.3 is 0 Å². The van der Waals surface area contributed by atoms with Crippen LogP contribution in [-0.4, -0.2) is 9.97 Å². The molecular formula is C16H15BrCl2N2. The molecular weight excluding hydrogens is 371 g/mol. The van der Waals surface area contributed by atoms with Crippen LogP contribution in [0, 0.1) is 0 Å². The molecule has 0 radical (unpaired) electrons. The third-order valence-electron chi connectivity index (χ3n) is 4.23. The van der Waals surface area contributed by atoms with Gasteiger partial charge in [0.2, 0.25) is 0 Å². The first-order valence-corrected chi connectivity index (χ1v) is 8.63. The Morgan fingerprint density at radius 3 is 2.05 bits per heavy atom. The summed E-state index contributed by atoms with van der Waals surface area (Å²) in [5.74, 6) is 0.742. The summed E-state index contributed by atoms with van der Waals surface area (Å²) >= 11 is 15.7. The second-order valence-electron chi connectivity index (χ2n) is 5.45. The molecule has 2 nitrogen and oxygen atoms in total. The van der Waals surface area contributed by atoms with Crippen molar-refractivity contribution in [1.29, 1.82) is 0 Å². The molecule has 110 valence electrons. The van der Waals surface area contributed by atoms with Crippen LogP contribution in [0.4, 0.5) is 0 Å². The number of rotatable bonds is 2. The topological polar surface area (TPSA) is 25.8 Å². The fourth-order valence-corrected chi connectivity index (χ4v) is 3.73. The maximum Gasteiger partial charge on any atom is 0.148 e. The summed E-state index contributed by atoms with van der Waals surface area (Å²) in [6.07, 6.45) is 5.66. The molecule has 1 saturated carbocycles. The van der Waals surface area contributed by atoms with Gasteiger partial charge in [0.15, 0.2) is 0 Å². The van der Waals surface area contributed by atoms with Gasteiger partial charge in [0, 0.05) is 0 Å². The van der Waals surface area contributed by atoms with E-state index in [1.165, 1.54) is 24.8 Å². The van der Waals surface area contributed by atoms with Crippen LogP contribution in [-0.2, 0) is 5.41 Å². The van der Waals surface area contributed by atoms with Crippen molar-refractivity contribution in [2.24, 2.45) is 0 Å². The molecule has 1 aliphatic carbocycles. The minimum Gasteiger partial charge on any atom is -0.219 e. The molecule has 1 heterocycles. The Morgan fingerprint density at radius 1 is 0.905 bits per heavy atom. The Labute approximate surface area is 143 Å². The summed E-state index contributed by atoms with van der Waals surface area (Å²) in [5, 5.41) is 0.761. The zero-order valence-corrected chi connectivity index (χ0v) is 14.5. The van der Waals surface area contributed by atoms with Crippen LogP contribution in [0.5, 0.6) is 0 Å². The maximum absolute atomic E-state index is 6.21. The number of nitrogens with zero attached hydrogens (tertiary/aromatic N) is 2. The fraction of sp³-hybridized carbons (Fsp3) is 0.375. The van der Waals surface area contributed by atoms with Gasteiger partial charge in [-0.1, -0.05) is 72.8 Å². The second kappa shape index (κ2) is 6.23. The summed E-state index contributed by atoms with van der Waals surface area (Å²) in [4.78, 5) is 9.06. The van der Waals surface area contributed by atoms with Crippen LogP contribution >= 0.6 is 39.1 Å². The third kappa shape index (κ3) is 2.84. The van der Waals surface area contributed by atoms with E-state index in [-0.39, 0.29) is 5.41 Å². The molecule has 0 unspecified atom stereocenters. The fourth-order valence-electron chi connectivity index (χ4n) is 3.16. The normalized spacial score (nSPS) is 17.7. The zero-order chi connectivity index (χ0) is 14.9. The summed E-state index contributed by atoms with van der Waals surface area (Å²) in [6.45, 7) is 0. The number of hydrogen-bond donors (Lipinski definition) is 0. The number of benzene rings is 1. The molecule has 1 fully saturated rings. The van der Waals surface area contributed by atoms with E-state index < -0.39 is 0 Å². The quantitative estimate of drug-likeness (QED) is 0.610. The van der Waals surface area contributed by atoms with Gasteiger partial charge >= 0.3 is 0 Å². The highest BCUT2D eigenvalue weighted by molar-refractivity contribution is 9.10. The third-order valence-corrected chi connectivity index (χ3v) is 5.99. The number of hydrogen-bond acceptors (Lipinski definition) is 2. The Morgan fingerprint density at radius 2 is 1.48 bits per heavy atom. The number of aromatic nitrogens is 2. The van der Waals surface area contributed by atoms with Gasteiger partial charge in [-0.15, -0.1) is 0 Å². The van der Waals surface area contributed by atoms with Gasteiger partial charge in [-0.25, -0.2) is 9.97 Å². The molecule has 1 aromatic heterocycles. The average molecular weight is 386 g/mol. The van der Waals surface area contributed by atoms with Crippen molar-refractivity contribution >= 4 is 39.1 Å². The van der Waals surface area contributed by atoms with Gasteiger partial charge in [0.25, 0.3) is 0 Å². The van der Waals surface area contributed by atoms with E-state index in [4.69, 9.17) is 23.2 Å². The predicted octanol–water partition coefficient (Wildman–Crippen LogP) is 5.80. The van der Waals surface area contributed by atoms with Crippen LogP contribution in [0.3, 0.4) is 0 Å². The first-order valence-electron chi connectivity index (χ1n) is 7.08. The lowest BCUT2D eigenvalue weighted by Crippen LogP contribution is -2.32. The Hall–Kier alpha value is -0.640. The van der Waals surface area contributed by atoms with E-state index in [0.29, 0.717) is 14.8 Å². The molecule has 0 bridgehead atoms. The molecule has 0 amide bonds. The van der Waals surface area contributed by atoms with Crippen LogP contribution in [0.1, 0.15) is 43.5 Å². The first-order chi connectivity index (χ1) is 10.1. The Kier molecular flexibility index (Phi) is 4.53. The van der Waals surface area contributed by atoms with Gasteiger partial charge in [0.05, 0.1) is 9.89 Å². The standard InChI is InChI=1S/C16H15BrCl2N2/c17-12-13(18)20-15(21-14(12)19)16(9-5-2-6-10-16)11-7-3-1-4-8-11/h1,3-4,7-8H,2,5-6,9-10H2. The van der Waals surface area contributed by atoms with Crippen LogP contribution < -0.4 is 0 Å². The summed E-state index contributed by atoms with van der Waals surface area (Å²) < 4.78 is 0.564. The lowest BCUT2D eigenvalue weighted by Gasteiger charge is -2.36. The van der Waals surface area contributed by atoms with Gasteiger partial charge in [-0.2, -0.15) is 0 Å². The van der Waals surface area contributed by atoms with E-state index in [2.05, 4.69) is 50.2 Å². The minimum absolute atomic E-state index is 0.173. The molecule has 2 aromatic rings. The number of halogens is 3. The minimum atomic E-state index is -0.173. The average Bonchev–Trinajstić information content (AvgIpc) is 2.53. The smallest absolute Gasteiger partial charge is 0.148 e. The van der Waals surface area contributed by atoms with Crippen molar-refractivity contribution in [3.05, 3.63) is 56.5 Å². The Bertz CT molecular complexity index is 617.